The van der Waals surface area contributed by atoms with Crippen molar-refractivity contribution in [2.24, 2.45) is 5.41 Å². The second kappa shape index (κ2) is 7.51. The van der Waals surface area contributed by atoms with E-state index in [4.69, 9.17) is 0 Å². The Kier molecular flexibility index (Phi) is 5.51. The van der Waals surface area contributed by atoms with Gasteiger partial charge in [0.15, 0.2) is 0 Å². The summed E-state index contributed by atoms with van der Waals surface area (Å²) in [6.07, 6.45) is 3.17. The first-order valence-electron chi connectivity index (χ1n) is 8.76. The molecule has 5 heteroatoms. The van der Waals surface area contributed by atoms with Crippen LogP contribution in [-0.2, 0) is 19.4 Å². The lowest BCUT2D eigenvalue weighted by molar-refractivity contribution is 0.317. The lowest BCUT2D eigenvalue weighted by Gasteiger charge is -2.29. The molecule has 0 fully saturated rings. The molecule has 1 heterocycles. The second-order valence-electron chi connectivity index (χ2n) is 7.59. The molecule has 0 saturated carbocycles. The monoisotopic (exact) mass is 386 g/mol. The molecule has 0 radical (unpaired) electrons. The lowest BCUT2D eigenvalue weighted by atomic mass is 9.76. The van der Waals surface area contributed by atoms with E-state index in [2.05, 4.69) is 55.9 Å². The number of hydrogen-bond acceptors (Lipinski definition) is 5. The highest BCUT2D eigenvalue weighted by Crippen LogP contribution is 2.46. The van der Waals surface area contributed by atoms with Gasteiger partial charge in [0.25, 0.3) is 0 Å². The molecule has 138 valence electrons. The number of fused-ring (bicyclic) bond motifs is 1. The number of aryl methyl sites for hydroxylation is 1. The molecule has 0 atom stereocenters. The summed E-state index contributed by atoms with van der Waals surface area (Å²) in [6.45, 7) is 13.3. The maximum atomic E-state index is 10.3. The molecule has 0 amide bonds. The highest BCUT2D eigenvalue weighted by atomic mass is 32.1. The highest BCUT2D eigenvalue weighted by molar-refractivity contribution is 7.78. The van der Waals surface area contributed by atoms with Crippen molar-refractivity contribution in [3.05, 3.63) is 64.6 Å². The Balaban J connectivity index is 1.95. The predicted molar refractivity (Wildman–Crippen MR) is 117 cm³/mol. The molecule has 0 unspecified atom stereocenters. The number of aliphatic hydroxyl groups is 1. The highest BCUT2D eigenvalue weighted by Gasteiger charge is 2.31. The Morgan fingerprint density at radius 1 is 1.31 bits per heavy atom. The summed E-state index contributed by atoms with van der Waals surface area (Å²) >= 11 is 5.82. The molecule has 0 aliphatic heterocycles. The summed E-state index contributed by atoms with van der Waals surface area (Å²) in [4.78, 5) is 1.34. The Hall–Kier alpha value is -1.69. The molecule has 2 aromatic rings. The molecule has 3 nitrogen and oxygen atoms in total. The predicted octanol–water partition coefficient (Wildman–Crippen LogP) is 5.81. The van der Waals surface area contributed by atoms with Crippen LogP contribution in [0.25, 0.3) is 11.5 Å². The van der Waals surface area contributed by atoms with Gasteiger partial charge in [0.05, 0.1) is 5.56 Å². The Morgan fingerprint density at radius 2 is 2.04 bits per heavy atom. The minimum atomic E-state index is 0.126. The minimum Gasteiger partial charge on any atom is -0.508 e. The van der Waals surface area contributed by atoms with E-state index in [1.807, 2.05) is 18.2 Å². The summed E-state index contributed by atoms with van der Waals surface area (Å²) < 4.78 is 2.90. The average molecular weight is 387 g/mol. The van der Waals surface area contributed by atoms with E-state index >= 15 is 0 Å². The first kappa shape index (κ1) is 19.1. The van der Waals surface area contributed by atoms with Gasteiger partial charge in [-0.2, -0.15) is 0 Å². The summed E-state index contributed by atoms with van der Waals surface area (Å²) in [6, 6.07) is 8.10. The van der Waals surface area contributed by atoms with E-state index in [0.29, 0.717) is 6.54 Å². The van der Waals surface area contributed by atoms with Crippen LogP contribution in [-0.4, -0.2) is 5.11 Å². The standard InChI is InChI=1S/C21H26N2OS2/c1-13(16-8-6-5-7-15(16)12-22-25)23-20-19(14(2)24)17-11-21(3,4)10-9-18(17)26-20/h5-8,22-25H,1-2,9-12H2,3-4H3. The fraction of sp³-hybridized carbons (Fsp3) is 0.333. The maximum Gasteiger partial charge on any atom is 0.118 e. The summed E-state index contributed by atoms with van der Waals surface area (Å²) in [5, 5.41) is 14.6. The van der Waals surface area contributed by atoms with Crippen LogP contribution in [0.4, 0.5) is 5.00 Å². The first-order valence-corrected chi connectivity index (χ1v) is 10.0. The number of thiol groups is 1. The normalized spacial score (nSPS) is 15.3. The van der Waals surface area contributed by atoms with Gasteiger partial charge in [-0.25, -0.2) is 0 Å². The van der Waals surface area contributed by atoms with Crippen LogP contribution in [0.1, 0.15) is 47.4 Å². The van der Waals surface area contributed by atoms with E-state index in [1.165, 1.54) is 10.4 Å². The van der Waals surface area contributed by atoms with Gasteiger partial charge in [0.2, 0.25) is 0 Å². The molecule has 0 saturated heterocycles. The zero-order valence-corrected chi connectivity index (χ0v) is 17.1. The largest absolute Gasteiger partial charge is 0.508 e. The van der Waals surface area contributed by atoms with Gasteiger partial charge in [-0.05, 0) is 35.8 Å². The number of hydrogen-bond donors (Lipinski definition) is 4. The van der Waals surface area contributed by atoms with Crippen molar-refractivity contribution in [2.75, 3.05) is 5.32 Å². The second-order valence-corrected chi connectivity index (χ2v) is 9.01. The fourth-order valence-electron chi connectivity index (χ4n) is 3.57. The molecule has 1 aromatic carbocycles. The number of nitrogens with one attached hydrogen (secondary N) is 2. The van der Waals surface area contributed by atoms with Crippen molar-refractivity contribution in [3.8, 4) is 0 Å². The topological polar surface area (TPSA) is 44.3 Å². The van der Waals surface area contributed by atoms with Crippen molar-refractivity contribution in [3.63, 3.8) is 0 Å². The van der Waals surface area contributed by atoms with Gasteiger partial charge >= 0.3 is 0 Å². The third kappa shape index (κ3) is 3.85. The molecule has 0 bridgehead atoms. The fourth-order valence-corrected chi connectivity index (χ4v) is 5.01. The molecule has 3 rings (SSSR count). The third-order valence-corrected chi connectivity index (χ3v) is 6.31. The number of rotatable bonds is 6. The minimum absolute atomic E-state index is 0.126. The maximum absolute atomic E-state index is 10.3. The molecule has 1 aromatic heterocycles. The van der Waals surface area contributed by atoms with Crippen molar-refractivity contribution in [2.45, 2.75) is 39.7 Å². The van der Waals surface area contributed by atoms with Crippen LogP contribution >= 0.6 is 24.2 Å². The average Bonchev–Trinajstić information content (AvgIpc) is 2.91. The van der Waals surface area contributed by atoms with E-state index in [0.717, 1.165) is 46.7 Å². The summed E-state index contributed by atoms with van der Waals surface area (Å²) in [7, 11) is 0. The van der Waals surface area contributed by atoms with E-state index in [1.54, 1.807) is 11.3 Å². The van der Waals surface area contributed by atoms with E-state index < -0.39 is 0 Å². The van der Waals surface area contributed by atoms with Crippen LogP contribution in [0.2, 0.25) is 0 Å². The number of thiophene rings is 1. The molecule has 3 N–H and O–H groups in total. The summed E-state index contributed by atoms with van der Waals surface area (Å²) in [5.74, 6) is 0.126. The van der Waals surface area contributed by atoms with Crippen LogP contribution in [0.5, 0.6) is 0 Å². The Bertz CT molecular complexity index is 852. The summed E-state index contributed by atoms with van der Waals surface area (Å²) in [5.41, 5.74) is 5.30. The number of benzene rings is 1. The van der Waals surface area contributed by atoms with Crippen LogP contribution in [0.3, 0.4) is 0 Å². The molecular formula is C21H26N2OS2. The quantitative estimate of drug-likeness (QED) is 0.374. The number of anilines is 1. The van der Waals surface area contributed by atoms with Gasteiger partial charge in [0.1, 0.15) is 10.8 Å². The van der Waals surface area contributed by atoms with Gasteiger partial charge < -0.3 is 10.4 Å². The van der Waals surface area contributed by atoms with Gasteiger partial charge in [0, 0.05) is 22.7 Å². The van der Waals surface area contributed by atoms with Crippen molar-refractivity contribution in [1.29, 1.82) is 0 Å². The van der Waals surface area contributed by atoms with Crippen LogP contribution in [0.15, 0.2) is 37.4 Å². The zero-order chi connectivity index (χ0) is 18.9. The van der Waals surface area contributed by atoms with Crippen molar-refractivity contribution < 1.29 is 5.11 Å². The third-order valence-electron chi connectivity index (χ3n) is 4.94. The molecule has 1 aliphatic carbocycles. The van der Waals surface area contributed by atoms with Gasteiger partial charge in [-0.1, -0.05) is 64.1 Å². The molecule has 0 spiro atoms. The lowest BCUT2D eigenvalue weighted by Crippen LogP contribution is -2.21. The smallest absolute Gasteiger partial charge is 0.118 e. The molecule has 1 aliphatic rings. The van der Waals surface area contributed by atoms with E-state index in [-0.39, 0.29) is 11.2 Å². The van der Waals surface area contributed by atoms with Crippen molar-refractivity contribution >= 4 is 40.6 Å². The number of aliphatic hydroxyl groups excluding tert-OH is 1. The molecule has 26 heavy (non-hydrogen) atoms. The van der Waals surface area contributed by atoms with Gasteiger partial charge in [-0.3, -0.25) is 4.72 Å². The molecular weight excluding hydrogens is 360 g/mol. The Labute approximate surface area is 165 Å². The zero-order valence-electron chi connectivity index (χ0n) is 15.4. The Morgan fingerprint density at radius 3 is 2.73 bits per heavy atom. The van der Waals surface area contributed by atoms with Gasteiger partial charge in [-0.15, -0.1) is 11.3 Å². The van der Waals surface area contributed by atoms with Crippen LogP contribution in [0, 0.1) is 5.41 Å². The SMILES string of the molecule is C=C(Nc1sc2c(c1C(=C)O)CC(C)(C)CC2)c1ccccc1CNS. The van der Waals surface area contributed by atoms with Crippen molar-refractivity contribution in [1.82, 2.24) is 4.72 Å². The first-order chi connectivity index (χ1) is 12.3. The van der Waals surface area contributed by atoms with Crippen LogP contribution < -0.4 is 10.0 Å². The van der Waals surface area contributed by atoms with E-state index in [9.17, 15) is 5.11 Å².